The first-order valence-electron chi connectivity index (χ1n) is 8.85. The second-order valence-electron chi connectivity index (χ2n) is 6.76. The molecule has 25 heavy (non-hydrogen) atoms. The van der Waals surface area contributed by atoms with Crippen molar-refractivity contribution in [3.63, 3.8) is 0 Å². The van der Waals surface area contributed by atoms with E-state index in [0.29, 0.717) is 30.9 Å². The van der Waals surface area contributed by atoms with Crippen LogP contribution in [0.5, 0.6) is 0 Å². The molecule has 4 rings (SSSR count). The lowest BCUT2D eigenvalue weighted by Gasteiger charge is -2.29. The number of H-pyrrole nitrogens is 1. The number of para-hydroxylation sites is 1. The summed E-state index contributed by atoms with van der Waals surface area (Å²) >= 11 is 0. The monoisotopic (exact) mass is 338 g/mol. The third-order valence-electron chi connectivity index (χ3n) is 5.06. The Morgan fingerprint density at radius 2 is 1.92 bits per heavy atom. The second-order valence-corrected chi connectivity index (χ2v) is 6.76. The molecule has 0 spiro atoms. The predicted molar refractivity (Wildman–Crippen MR) is 95.9 cm³/mol. The van der Waals surface area contributed by atoms with Crippen molar-refractivity contribution in [1.82, 2.24) is 14.9 Å². The minimum absolute atomic E-state index is 0.0212. The molecule has 0 bridgehead atoms. The molecule has 3 heterocycles. The molecule has 1 aromatic heterocycles. The Labute approximate surface area is 146 Å². The summed E-state index contributed by atoms with van der Waals surface area (Å²) in [6.45, 7) is 4.72. The van der Waals surface area contributed by atoms with Crippen molar-refractivity contribution in [2.75, 3.05) is 24.5 Å². The van der Waals surface area contributed by atoms with Gasteiger partial charge in [0.15, 0.2) is 0 Å². The standard InChI is InChI=1S/C19H22N4O2/c1-13-20-16-12-23(11-8-14(16)18(24)21-13)19(25)15-6-2-3-7-17(15)22-9-4-5-10-22/h2-3,6-7H,4-5,8-12H2,1H3,(H,20,21,24). The molecule has 0 unspecified atom stereocenters. The molecule has 6 nitrogen and oxygen atoms in total. The number of hydrogen-bond acceptors (Lipinski definition) is 4. The first kappa shape index (κ1) is 15.9. The van der Waals surface area contributed by atoms with Crippen molar-refractivity contribution in [3.05, 3.63) is 57.3 Å². The molecule has 0 aliphatic carbocycles. The SMILES string of the molecule is Cc1nc2c(c(=O)[nH]1)CCN(C(=O)c1ccccc1N1CCCC1)C2. The van der Waals surface area contributed by atoms with Gasteiger partial charge in [-0.25, -0.2) is 4.98 Å². The highest BCUT2D eigenvalue weighted by molar-refractivity contribution is 6.00. The average Bonchev–Trinajstić information content (AvgIpc) is 3.15. The molecule has 2 aliphatic heterocycles. The molecule has 1 N–H and O–H groups in total. The van der Waals surface area contributed by atoms with E-state index >= 15 is 0 Å². The van der Waals surface area contributed by atoms with E-state index < -0.39 is 0 Å². The molecular formula is C19H22N4O2. The Balaban J connectivity index is 1.63. The molecule has 6 heteroatoms. The van der Waals surface area contributed by atoms with Gasteiger partial charge in [0.2, 0.25) is 0 Å². The lowest BCUT2D eigenvalue weighted by molar-refractivity contribution is 0.0731. The maximum absolute atomic E-state index is 13.1. The number of benzene rings is 1. The third kappa shape index (κ3) is 2.92. The van der Waals surface area contributed by atoms with Crippen molar-refractivity contribution in [3.8, 4) is 0 Å². The molecule has 1 fully saturated rings. The van der Waals surface area contributed by atoms with Gasteiger partial charge in [0, 0.05) is 30.9 Å². The fourth-order valence-electron chi connectivity index (χ4n) is 3.80. The van der Waals surface area contributed by atoms with E-state index in [2.05, 4.69) is 14.9 Å². The van der Waals surface area contributed by atoms with Crippen molar-refractivity contribution < 1.29 is 4.79 Å². The molecule has 1 amide bonds. The van der Waals surface area contributed by atoms with Crippen molar-refractivity contribution in [2.24, 2.45) is 0 Å². The van der Waals surface area contributed by atoms with Crippen LogP contribution in [0.3, 0.4) is 0 Å². The van der Waals surface area contributed by atoms with E-state index in [0.717, 1.165) is 30.0 Å². The molecule has 0 atom stereocenters. The number of anilines is 1. The Kier molecular flexibility index (Phi) is 4.03. The van der Waals surface area contributed by atoms with Gasteiger partial charge < -0.3 is 14.8 Å². The van der Waals surface area contributed by atoms with E-state index in [1.807, 2.05) is 29.2 Å². The van der Waals surface area contributed by atoms with Gasteiger partial charge in [0.25, 0.3) is 11.5 Å². The minimum atomic E-state index is -0.0768. The number of aryl methyl sites for hydroxylation is 1. The highest BCUT2D eigenvalue weighted by Gasteiger charge is 2.27. The van der Waals surface area contributed by atoms with Crippen molar-refractivity contribution >= 4 is 11.6 Å². The van der Waals surface area contributed by atoms with E-state index in [9.17, 15) is 9.59 Å². The third-order valence-corrected chi connectivity index (χ3v) is 5.06. The fourth-order valence-corrected chi connectivity index (χ4v) is 3.80. The molecule has 2 aromatic rings. The number of carbonyl (C=O) groups excluding carboxylic acids is 1. The maximum Gasteiger partial charge on any atom is 0.256 e. The fraction of sp³-hybridized carbons (Fsp3) is 0.421. The summed E-state index contributed by atoms with van der Waals surface area (Å²) in [7, 11) is 0. The lowest BCUT2D eigenvalue weighted by atomic mass is 10.0. The van der Waals surface area contributed by atoms with Crippen LogP contribution in [0.25, 0.3) is 0 Å². The van der Waals surface area contributed by atoms with Crippen LogP contribution in [0.4, 0.5) is 5.69 Å². The van der Waals surface area contributed by atoms with Gasteiger partial charge >= 0.3 is 0 Å². The van der Waals surface area contributed by atoms with Crippen LogP contribution in [0.15, 0.2) is 29.1 Å². The Morgan fingerprint density at radius 3 is 2.72 bits per heavy atom. The summed E-state index contributed by atoms with van der Waals surface area (Å²) in [6, 6.07) is 7.84. The Hall–Kier alpha value is -2.63. The number of hydrogen-bond donors (Lipinski definition) is 1. The van der Waals surface area contributed by atoms with Crippen LogP contribution in [-0.2, 0) is 13.0 Å². The number of aromatic amines is 1. The van der Waals surface area contributed by atoms with Crippen LogP contribution in [0, 0.1) is 6.92 Å². The van der Waals surface area contributed by atoms with Crippen LogP contribution >= 0.6 is 0 Å². The van der Waals surface area contributed by atoms with Gasteiger partial charge in [0.05, 0.1) is 17.8 Å². The summed E-state index contributed by atoms with van der Waals surface area (Å²) < 4.78 is 0. The number of fused-ring (bicyclic) bond motifs is 1. The van der Waals surface area contributed by atoms with E-state index in [1.165, 1.54) is 12.8 Å². The van der Waals surface area contributed by atoms with Crippen molar-refractivity contribution in [1.29, 1.82) is 0 Å². The zero-order valence-electron chi connectivity index (χ0n) is 14.4. The number of nitrogens with one attached hydrogen (secondary N) is 1. The molecule has 130 valence electrons. The first-order valence-corrected chi connectivity index (χ1v) is 8.85. The number of carbonyl (C=O) groups is 1. The van der Waals surface area contributed by atoms with Crippen LogP contribution in [0.1, 0.15) is 40.3 Å². The highest BCUT2D eigenvalue weighted by atomic mass is 16.2. The first-order chi connectivity index (χ1) is 12.1. The predicted octanol–water partition coefficient (Wildman–Crippen LogP) is 1.88. The maximum atomic E-state index is 13.1. The van der Waals surface area contributed by atoms with E-state index in [1.54, 1.807) is 6.92 Å². The van der Waals surface area contributed by atoms with Crippen LogP contribution in [-0.4, -0.2) is 40.4 Å². The van der Waals surface area contributed by atoms with Crippen LogP contribution < -0.4 is 10.5 Å². The summed E-state index contributed by atoms with van der Waals surface area (Å²) in [6.07, 6.45) is 2.90. The summed E-state index contributed by atoms with van der Waals surface area (Å²) in [5, 5.41) is 0. The average molecular weight is 338 g/mol. The quantitative estimate of drug-likeness (QED) is 0.908. The molecule has 0 saturated carbocycles. The molecule has 2 aliphatic rings. The Morgan fingerprint density at radius 1 is 1.16 bits per heavy atom. The van der Waals surface area contributed by atoms with Gasteiger partial charge in [-0.15, -0.1) is 0 Å². The smallest absolute Gasteiger partial charge is 0.256 e. The normalized spacial score (nSPS) is 16.8. The second kappa shape index (κ2) is 6.35. The van der Waals surface area contributed by atoms with Gasteiger partial charge in [0.1, 0.15) is 5.82 Å². The number of rotatable bonds is 2. The highest BCUT2D eigenvalue weighted by Crippen LogP contribution is 2.27. The summed E-state index contributed by atoms with van der Waals surface area (Å²) in [5.41, 5.74) is 3.12. The lowest BCUT2D eigenvalue weighted by Crippen LogP contribution is -2.39. The van der Waals surface area contributed by atoms with E-state index in [4.69, 9.17) is 0 Å². The van der Waals surface area contributed by atoms with Gasteiger partial charge in [-0.05, 0) is 38.3 Å². The van der Waals surface area contributed by atoms with Crippen molar-refractivity contribution in [2.45, 2.75) is 32.7 Å². The Bertz CT molecular complexity index is 868. The summed E-state index contributed by atoms with van der Waals surface area (Å²) in [5.74, 6) is 0.614. The van der Waals surface area contributed by atoms with Gasteiger partial charge in [-0.1, -0.05) is 12.1 Å². The summed E-state index contributed by atoms with van der Waals surface area (Å²) in [4.78, 5) is 36.5. The van der Waals surface area contributed by atoms with Gasteiger partial charge in [-0.3, -0.25) is 9.59 Å². The van der Waals surface area contributed by atoms with E-state index in [-0.39, 0.29) is 11.5 Å². The largest absolute Gasteiger partial charge is 0.371 e. The molecule has 0 radical (unpaired) electrons. The zero-order valence-corrected chi connectivity index (χ0v) is 14.4. The molecule has 1 aromatic carbocycles. The minimum Gasteiger partial charge on any atom is -0.371 e. The van der Waals surface area contributed by atoms with Gasteiger partial charge in [-0.2, -0.15) is 0 Å². The number of amides is 1. The van der Waals surface area contributed by atoms with Crippen LogP contribution in [0.2, 0.25) is 0 Å². The molecule has 1 saturated heterocycles. The molecular weight excluding hydrogens is 316 g/mol. The number of nitrogens with zero attached hydrogens (tertiary/aromatic N) is 3. The number of aromatic nitrogens is 2. The zero-order chi connectivity index (χ0) is 17.4. The topological polar surface area (TPSA) is 69.3 Å².